The molecule has 0 radical (unpaired) electrons. The summed E-state index contributed by atoms with van der Waals surface area (Å²) in [5, 5.41) is 10.6. The molecule has 29 heavy (non-hydrogen) atoms. The number of ether oxygens (including phenoxy) is 1. The molecule has 1 saturated heterocycles. The van der Waals surface area contributed by atoms with Crippen molar-refractivity contribution in [2.75, 3.05) is 25.4 Å². The molecule has 3 rings (SSSR count). The SMILES string of the molecule is C[C@H]1CC(OCCc2csc(CC(F)F)c2)CCN1CC1CC(NSCC#N)C1. The number of piperidine rings is 1. The lowest BCUT2D eigenvalue weighted by Gasteiger charge is -2.43. The molecule has 0 spiro atoms. The minimum Gasteiger partial charge on any atom is -0.378 e. The number of alkyl halides is 2. The molecule has 2 aliphatic rings. The largest absolute Gasteiger partial charge is 0.378 e. The maximum Gasteiger partial charge on any atom is 0.243 e. The summed E-state index contributed by atoms with van der Waals surface area (Å²) in [6.07, 6.45) is 3.23. The summed E-state index contributed by atoms with van der Waals surface area (Å²) in [6.45, 7) is 5.21. The Morgan fingerprint density at radius 2 is 2.24 bits per heavy atom. The van der Waals surface area contributed by atoms with Gasteiger partial charge in [0.1, 0.15) is 0 Å². The van der Waals surface area contributed by atoms with E-state index in [1.165, 1.54) is 36.1 Å². The Balaban J connectivity index is 1.28. The van der Waals surface area contributed by atoms with Crippen LogP contribution in [0.25, 0.3) is 0 Å². The Morgan fingerprint density at radius 1 is 1.41 bits per heavy atom. The highest BCUT2D eigenvalue weighted by atomic mass is 32.2. The number of nitrogens with one attached hydrogen (secondary N) is 1. The zero-order valence-electron chi connectivity index (χ0n) is 17.0. The molecule has 2 atom stereocenters. The van der Waals surface area contributed by atoms with Crippen molar-refractivity contribution in [1.82, 2.24) is 9.62 Å². The average molecular weight is 444 g/mol. The standard InChI is InChI=1S/C21H31F2N3OS2/c1-15-8-19(27-6-3-16-11-20(28-14-16)12-21(22)23)2-5-26(15)13-17-9-18(10-17)25-29-7-4-24/h11,14-15,17-19,21,25H,2-3,5-10,12-13H2,1H3/t15-,17?,18?,19?/m0/s1. The number of nitriles is 1. The van der Waals surface area contributed by atoms with E-state index in [1.54, 1.807) is 0 Å². The van der Waals surface area contributed by atoms with Crippen LogP contribution in [0.3, 0.4) is 0 Å². The summed E-state index contributed by atoms with van der Waals surface area (Å²) >= 11 is 2.94. The van der Waals surface area contributed by atoms with Crippen molar-refractivity contribution in [3.05, 3.63) is 21.9 Å². The van der Waals surface area contributed by atoms with E-state index in [9.17, 15) is 8.78 Å². The molecule has 8 heteroatoms. The van der Waals surface area contributed by atoms with E-state index in [2.05, 4.69) is 22.6 Å². The van der Waals surface area contributed by atoms with Crippen molar-refractivity contribution in [3.63, 3.8) is 0 Å². The van der Waals surface area contributed by atoms with Gasteiger partial charge in [0.25, 0.3) is 0 Å². The first-order chi connectivity index (χ1) is 14.0. The molecule has 0 bridgehead atoms. The fraction of sp³-hybridized carbons (Fsp3) is 0.762. The number of halogens is 2. The Hall–Kier alpha value is -0.720. The highest BCUT2D eigenvalue weighted by molar-refractivity contribution is 7.97. The van der Waals surface area contributed by atoms with Crippen molar-refractivity contribution in [1.29, 1.82) is 5.26 Å². The number of hydrogen-bond donors (Lipinski definition) is 1. The minimum absolute atomic E-state index is 0.141. The summed E-state index contributed by atoms with van der Waals surface area (Å²) in [5.41, 5.74) is 1.11. The smallest absolute Gasteiger partial charge is 0.243 e. The molecular weight excluding hydrogens is 412 g/mol. The Bertz CT molecular complexity index is 661. The third-order valence-electron chi connectivity index (χ3n) is 5.89. The lowest BCUT2D eigenvalue weighted by atomic mass is 9.80. The van der Waals surface area contributed by atoms with E-state index in [4.69, 9.17) is 10.00 Å². The van der Waals surface area contributed by atoms with E-state index in [0.717, 1.165) is 48.7 Å². The van der Waals surface area contributed by atoms with E-state index >= 15 is 0 Å². The molecule has 1 aromatic rings. The maximum atomic E-state index is 12.4. The van der Waals surface area contributed by atoms with Crippen LogP contribution in [0.15, 0.2) is 11.4 Å². The van der Waals surface area contributed by atoms with Crippen LogP contribution in [-0.4, -0.2) is 55.0 Å². The minimum atomic E-state index is -2.27. The molecule has 2 heterocycles. The number of hydrogen-bond acceptors (Lipinski definition) is 6. The molecule has 1 aromatic heterocycles. The highest BCUT2D eigenvalue weighted by Crippen LogP contribution is 2.31. The molecule has 1 N–H and O–H groups in total. The predicted octanol–water partition coefficient (Wildman–Crippen LogP) is 4.51. The zero-order valence-corrected chi connectivity index (χ0v) is 18.6. The van der Waals surface area contributed by atoms with Crippen LogP contribution in [0.1, 0.15) is 43.0 Å². The van der Waals surface area contributed by atoms with Gasteiger partial charge >= 0.3 is 0 Å². The summed E-state index contributed by atoms with van der Waals surface area (Å²) < 4.78 is 34.4. The summed E-state index contributed by atoms with van der Waals surface area (Å²) in [5.74, 6) is 1.27. The molecule has 0 aromatic carbocycles. The number of rotatable bonds is 11. The molecule has 1 aliphatic carbocycles. The number of likely N-dealkylation sites (tertiary alicyclic amines) is 1. The average Bonchev–Trinajstić information content (AvgIpc) is 3.07. The van der Waals surface area contributed by atoms with Crippen LogP contribution in [0.4, 0.5) is 8.78 Å². The van der Waals surface area contributed by atoms with Gasteiger partial charge in [-0.1, -0.05) is 11.9 Å². The van der Waals surface area contributed by atoms with Gasteiger partial charge in [-0.2, -0.15) is 5.26 Å². The van der Waals surface area contributed by atoms with Gasteiger partial charge < -0.3 is 9.64 Å². The second-order valence-electron chi connectivity index (χ2n) is 8.23. The van der Waals surface area contributed by atoms with Gasteiger partial charge in [-0.25, -0.2) is 8.78 Å². The zero-order chi connectivity index (χ0) is 20.6. The van der Waals surface area contributed by atoms with Gasteiger partial charge in [-0.3, -0.25) is 4.72 Å². The normalized spacial score (nSPS) is 27.7. The van der Waals surface area contributed by atoms with Crippen molar-refractivity contribution >= 4 is 23.3 Å². The Labute approximate surface area is 181 Å². The third kappa shape index (κ3) is 7.48. The fourth-order valence-corrected chi connectivity index (χ4v) is 5.77. The first-order valence-electron chi connectivity index (χ1n) is 10.5. The third-order valence-corrected chi connectivity index (χ3v) is 7.67. The predicted molar refractivity (Wildman–Crippen MR) is 115 cm³/mol. The molecule has 0 amide bonds. The summed E-state index contributed by atoms with van der Waals surface area (Å²) in [7, 11) is 0. The van der Waals surface area contributed by atoms with Crippen LogP contribution in [0.5, 0.6) is 0 Å². The van der Waals surface area contributed by atoms with Crippen molar-refractivity contribution < 1.29 is 13.5 Å². The van der Waals surface area contributed by atoms with Gasteiger partial charge in [-0.15, -0.1) is 11.3 Å². The maximum absolute atomic E-state index is 12.4. The van der Waals surface area contributed by atoms with E-state index < -0.39 is 6.43 Å². The van der Waals surface area contributed by atoms with Gasteiger partial charge in [0.05, 0.1) is 24.5 Å². The Kier molecular flexibility index (Phi) is 9.19. The van der Waals surface area contributed by atoms with Crippen LogP contribution in [0.2, 0.25) is 0 Å². The van der Waals surface area contributed by atoms with Crippen LogP contribution in [0, 0.1) is 17.2 Å². The van der Waals surface area contributed by atoms with E-state index in [0.29, 0.717) is 30.5 Å². The molecule has 1 saturated carbocycles. The van der Waals surface area contributed by atoms with E-state index in [-0.39, 0.29) is 6.42 Å². The topological polar surface area (TPSA) is 48.3 Å². The molecule has 2 fully saturated rings. The van der Waals surface area contributed by atoms with Gasteiger partial charge in [0.15, 0.2) is 0 Å². The monoisotopic (exact) mass is 443 g/mol. The fourth-order valence-electron chi connectivity index (χ4n) is 4.26. The Morgan fingerprint density at radius 3 is 2.97 bits per heavy atom. The van der Waals surface area contributed by atoms with Gasteiger partial charge in [0, 0.05) is 36.5 Å². The lowest BCUT2D eigenvalue weighted by Crippen LogP contribution is -2.49. The van der Waals surface area contributed by atoms with Crippen molar-refractivity contribution in [2.45, 2.75) is 70.1 Å². The first-order valence-corrected chi connectivity index (χ1v) is 12.3. The first kappa shape index (κ1) is 23.0. The molecular formula is C21H31F2N3OS2. The molecule has 162 valence electrons. The molecule has 1 unspecified atom stereocenters. The van der Waals surface area contributed by atoms with Crippen LogP contribution >= 0.6 is 23.3 Å². The number of nitrogens with zero attached hydrogens (tertiary/aromatic N) is 2. The lowest BCUT2D eigenvalue weighted by molar-refractivity contribution is -0.0188. The second kappa shape index (κ2) is 11.6. The van der Waals surface area contributed by atoms with E-state index in [1.807, 2.05) is 11.4 Å². The number of thiophene rings is 1. The van der Waals surface area contributed by atoms with Gasteiger partial charge in [0.2, 0.25) is 6.43 Å². The second-order valence-corrected chi connectivity index (χ2v) is 10.0. The van der Waals surface area contributed by atoms with Gasteiger partial charge in [-0.05, 0) is 62.0 Å². The van der Waals surface area contributed by atoms with Crippen molar-refractivity contribution in [2.24, 2.45) is 5.92 Å². The quantitative estimate of drug-likeness (QED) is 0.403. The van der Waals surface area contributed by atoms with Crippen LogP contribution in [-0.2, 0) is 17.6 Å². The van der Waals surface area contributed by atoms with Crippen molar-refractivity contribution in [3.8, 4) is 6.07 Å². The molecule has 1 aliphatic heterocycles. The summed E-state index contributed by atoms with van der Waals surface area (Å²) in [6, 6.07) is 5.13. The summed E-state index contributed by atoms with van der Waals surface area (Å²) in [4.78, 5) is 3.35. The highest BCUT2D eigenvalue weighted by Gasteiger charge is 2.33. The molecule has 4 nitrogen and oxygen atoms in total. The van der Waals surface area contributed by atoms with Crippen LogP contribution < -0.4 is 4.72 Å².